The number of anilines is 1. The van der Waals surface area contributed by atoms with E-state index in [0.29, 0.717) is 25.4 Å². The molecule has 8 nitrogen and oxygen atoms in total. The fourth-order valence-electron chi connectivity index (χ4n) is 2.71. The molecule has 136 valence electrons. The zero-order chi connectivity index (χ0) is 18.0. The molecule has 0 saturated carbocycles. The van der Waals surface area contributed by atoms with Crippen molar-refractivity contribution in [3.8, 4) is 0 Å². The van der Waals surface area contributed by atoms with E-state index >= 15 is 0 Å². The van der Waals surface area contributed by atoms with Gasteiger partial charge in [0.15, 0.2) is 0 Å². The molecule has 2 aromatic heterocycles. The molecule has 2 aromatic rings. The van der Waals surface area contributed by atoms with E-state index in [1.54, 1.807) is 11.1 Å². The number of carbonyl (C=O) groups excluding carboxylic acids is 1. The van der Waals surface area contributed by atoms with Crippen LogP contribution < -0.4 is 5.32 Å². The lowest BCUT2D eigenvalue weighted by molar-refractivity contribution is -0.0135. The molecule has 1 aliphatic heterocycles. The maximum atomic E-state index is 12.6. The Morgan fingerprint density at radius 3 is 2.76 bits per heavy atom. The maximum Gasteiger partial charge on any atom is 0.322 e. The lowest BCUT2D eigenvalue weighted by atomic mass is 10.1. The second-order valence-corrected chi connectivity index (χ2v) is 7.21. The van der Waals surface area contributed by atoms with Gasteiger partial charge in [0.25, 0.3) is 0 Å². The zero-order valence-electron chi connectivity index (χ0n) is 15.3. The number of aryl methyl sites for hydroxylation is 1. The van der Waals surface area contributed by atoms with Gasteiger partial charge in [-0.15, -0.1) is 0 Å². The third kappa shape index (κ3) is 4.01. The highest BCUT2D eigenvalue weighted by Gasteiger charge is 2.26. The summed E-state index contributed by atoms with van der Waals surface area (Å²) in [5, 5.41) is 11.5. The van der Waals surface area contributed by atoms with Crippen molar-refractivity contribution in [2.45, 2.75) is 45.9 Å². The number of nitrogens with zero attached hydrogens (tertiary/aromatic N) is 5. The highest BCUT2D eigenvalue weighted by atomic mass is 16.5. The van der Waals surface area contributed by atoms with Crippen LogP contribution >= 0.6 is 0 Å². The van der Waals surface area contributed by atoms with E-state index < -0.39 is 0 Å². The molecule has 0 bridgehead atoms. The number of nitrogens with one attached hydrogen (secondary N) is 1. The van der Waals surface area contributed by atoms with Gasteiger partial charge in [-0.3, -0.25) is 9.36 Å². The van der Waals surface area contributed by atoms with Crippen molar-refractivity contribution in [1.29, 1.82) is 0 Å². The summed E-state index contributed by atoms with van der Waals surface area (Å²) in [6.45, 7) is 10.6. The number of ether oxygens (including phenoxy) is 1. The number of carbonyl (C=O) groups is 1. The van der Waals surface area contributed by atoms with Crippen molar-refractivity contribution in [2.75, 3.05) is 25.0 Å². The number of hydrogen-bond donors (Lipinski definition) is 1. The first-order valence-electron chi connectivity index (χ1n) is 8.62. The highest BCUT2D eigenvalue weighted by molar-refractivity contribution is 5.89. The molecule has 25 heavy (non-hydrogen) atoms. The number of amides is 2. The van der Waals surface area contributed by atoms with Crippen LogP contribution in [0.25, 0.3) is 0 Å². The summed E-state index contributed by atoms with van der Waals surface area (Å²) in [6.07, 6.45) is 7.16. The monoisotopic (exact) mass is 346 g/mol. The maximum absolute atomic E-state index is 12.6. The van der Waals surface area contributed by atoms with Crippen molar-refractivity contribution < 1.29 is 9.53 Å². The molecule has 0 unspecified atom stereocenters. The van der Waals surface area contributed by atoms with Gasteiger partial charge in [0, 0.05) is 31.0 Å². The Bertz CT molecular complexity index is 730. The second kappa shape index (κ2) is 6.87. The van der Waals surface area contributed by atoms with Crippen LogP contribution in [0.3, 0.4) is 0 Å². The average molecular weight is 346 g/mol. The van der Waals surface area contributed by atoms with Crippen LogP contribution in [0.4, 0.5) is 10.5 Å². The molecule has 1 atom stereocenters. The molecule has 1 fully saturated rings. The van der Waals surface area contributed by atoms with Gasteiger partial charge in [0.1, 0.15) is 6.10 Å². The first-order chi connectivity index (χ1) is 11.9. The van der Waals surface area contributed by atoms with Crippen molar-refractivity contribution >= 4 is 11.7 Å². The van der Waals surface area contributed by atoms with E-state index in [0.717, 1.165) is 12.1 Å². The fourth-order valence-corrected chi connectivity index (χ4v) is 2.71. The summed E-state index contributed by atoms with van der Waals surface area (Å²) in [5.74, 6) is 0. The Morgan fingerprint density at radius 2 is 2.12 bits per heavy atom. The minimum absolute atomic E-state index is 0.119. The standard InChI is InChI=1S/C17H26N6O2/c1-5-22-10-13(8-18-22)15-12-21(6-7-25-15)16(24)20-14-9-19-23(11-14)17(2,3)4/h8-11,15H,5-7,12H2,1-4H3,(H,20,24)/t15-/m1/s1. The molecule has 3 heterocycles. The predicted octanol–water partition coefficient (Wildman–Crippen LogP) is 2.46. The van der Waals surface area contributed by atoms with Crippen LogP contribution in [0.5, 0.6) is 0 Å². The molecule has 1 saturated heterocycles. The van der Waals surface area contributed by atoms with E-state index in [1.165, 1.54) is 0 Å². The Hall–Kier alpha value is -2.35. The predicted molar refractivity (Wildman–Crippen MR) is 94.4 cm³/mol. The summed E-state index contributed by atoms with van der Waals surface area (Å²) >= 11 is 0. The lowest BCUT2D eigenvalue weighted by Crippen LogP contribution is -2.44. The summed E-state index contributed by atoms with van der Waals surface area (Å²) in [6, 6.07) is -0.135. The quantitative estimate of drug-likeness (QED) is 0.926. The molecular weight excluding hydrogens is 320 g/mol. The smallest absolute Gasteiger partial charge is 0.322 e. The Kier molecular flexibility index (Phi) is 4.80. The van der Waals surface area contributed by atoms with E-state index in [1.807, 2.05) is 34.9 Å². The van der Waals surface area contributed by atoms with Gasteiger partial charge in [-0.2, -0.15) is 10.2 Å². The van der Waals surface area contributed by atoms with Gasteiger partial charge in [-0.25, -0.2) is 4.79 Å². The van der Waals surface area contributed by atoms with Crippen molar-refractivity contribution in [2.24, 2.45) is 0 Å². The van der Waals surface area contributed by atoms with Crippen LogP contribution in [0.2, 0.25) is 0 Å². The van der Waals surface area contributed by atoms with Crippen molar-refractivity contribution in [3.05, 3.63) is 30.4 Å². The molecule has 8 heteroatoms. The molecule has 1 aliphatic rings. The number of morpholine rings is 1. The Morgan fingerprint density at radius 1 is 1.32 bits per heavy atom. The van der Waals surface area contributed by atoms with E-state index in [9.17, 15) is 4.79 Å². The second-order valence-electron chi connectivity index (χ2n) is 7.21. The number of hydrogen-bond acceptors (Lipinski definition) is 4. The van der Waals surface area contributed by atoms with Gasteiger partial charge in [-0.05, 0) is 27.7 Å². The molecule has 0 aliphatic carbocycles. The van der Waals surface area contributed by atoms with Gasteiger partial charge < -0.3 is 15.0 Å². The summed E-state index contributed by atoms with van der Waals surface area (Å²) in [4.78, 5) is 14.3. The minimum Gasteiger partial charge on any atom is -0.370 e. The van der Waals surface area contributed by atoms with Gasteiger partial charge in [0.05, 0.1) is 36.8 Å². The molecule has 0 aromatic carbocycles. The molecule has 3 rings (SSSR count). The first-order valence-corrected chi connectivity index (χ1v) is 8.62. The van der Waals surface area contributed by atoms with Crippen molar-refractivity contribution in [1.82, 2.24) is 24.5 Å². The molecule has 2 amide bonds. The topological polar surface area (TPSA) is 77.2 Å². The Labute approximate surface area is 147 Å². The number of rotatable bonds is 3. The van der Waals surface area contributed by atoms with E-state index in [4.69, 9.17) is 4.74 Å². The first kappa shape index (κ1) is 17.5. The molecule has 0 spiro atoms. The van der Waals surface area contributed by atoms with Crippen molar-refractivity contribution in [3.63, 3.8) is 0 Å². The van der Waals surface area contributed by atoms with Crippen LogP contribution in [-0.4, -0.2) is 50.2 Å². The van der Waals surface area contributed by atoms with E-state index in [2.05, 4.69) is 36.3 Å². The van der Waals surface area contributed by atoms with Gasteiger partial charge in [0.2, 0.25) is 0 Å². The lowest BCUT2D eigenvalue weighted by Gasteiger charge is -2.32. The van der Waals surface area contributed by atoms with Crippen LogP contribution in [0.15, 0.2) is 24.8 Å². The molecular formula is C17H26N6O2. The minimum atomic E-state index is -0.142. The Balaban J connectivity index is 1.63. The normalized spacial score (nSPS) is 18.4. The number of urea groups is 1. The van der Waals surface area contributed by atoms with Crippen LogP contribution in [-0.2, 0) is 16.8 Å². The van der Waals surface area contributed by atoms with Crippen LogP contribution in [0, 0.1) is 0 Å². The third-order valence-electron chi connectivity index (χ3n) is 4.22. The van der Waals surface area contributed by atoms with E-state index in [-0.39, 0.29) is 17.7 Å². The summed E-state index contributed by atoms with van der Waals surface area (Å²) < 4.78 is 9.51. The van der Waals surface area contributed by atoms with Crippen LogP contribution in [0.1, 0.15) is 39.4 Å². The number of aromatic nitrogens is 4. The zero-order valence-corrected chi connectivity index (χ0v) is 15.3. The largest absolute Gasteiger partial charge is 0.370 e. The third-order valence-corrected chi connectivity index (χ3v) is 4.22. The summed E-state index contributed by atoms with van der Waals surface area (Å²) in [5.41, 5.74) is 1.58. The van der Waals surface area contributed by atoms with Gasteiger partial charge in [-0.1, -0.05) is 0 Å². The average Bonchev–Trinajstić information content (AvgIpc) is 3.23. The fraction of sp³-hybridized carbons (Fsp3) is 0.588. The SMILES string of the molecule is CCn1cc([C@H]2CN(C(=O)Nc3cnn(C(C)(C)C)c3)CCO2)cn1. The molecule has 0 radical (unpaired) electrons. The highest BCUT2D eigenvalue weighted by Crippen LogP contribution is 2.23. The van der Waals surface area contributed by atoms with Gasteiger partial charge >= 0.3 is 6.03 Å². The summed E-state index contributed by atoms with van der Waals surface area (Å²) in [7, 11) is 0. The molecule has 1 N–H and O–H groups in total.